The Morgan fingerprint density at radius 3 is 2.32 bits per heavy atom. The average molecular weight is 769 g/mol. The number of aliphatic hydroxyl groups is 1. The Kier molecular flexibility index (Phi) is 15.9. The molecule has 1 aromatic carbocycles. The number of halogens is 1. The minimum atomic E-state index is -0.916. The Labute approximate surface area is 294 Å². The van der Waals surface area contributed by atoms with Crippen LogP contribution < -0.4 is 26.6 Å². The van der Waals surface area contributed by atoms with E-state index in [0.717, 1.165) is 34.9 Å². The van der Waals surface area contributed by atoms with E-state index in [2.05, 4.69) is 49.2 Å². The van der Waals surface area contributed by atoms with E-state index in [4.69, 9.17) is 0 Å². The third-order valence-electron chi connectivity index (χ3n) is 9.38. The maximum absolute atomic E-state index is 13.8. The van der Waals surface area contributed by atoms with Gasteiger partial charge in [0.05, 0.1) is 24.2 Å². The molecule has 0 radical (unpaired) electrons. The van der Waals surface area contributed by atoms with Crippen molar-refractivity contribution in [3.05, 3.63) is 33.4 Å². The molecule has 0 spiro atoms. The van der Waals surface area contributed by atoms with E-state index in [1.807, 2.05) is 70.7 Å². The predicted octanol–water partition coefficient (Wildman–Crippen LogP) is 2.69. The SMILES string of the molecule is CC[C@H](C)[C@H](NC(=O)[C@@H](NC(=O)C1CCCN1)C(C)C)C(=O)N[C@@H](CC(C)C)[C@H](O)CN1CCC[C@H]1C(=O)NCc1cccc(I)c1. The van der Waals surface area contributed by atoms with Gasteiger partial charge < -0.3 is 31.7 Å². The van der Waals surface area contributed by atoms with Crippen LogP contribution in [0.4, 0.5) is 0 Å². The van der Waals surface area contributed by atoms with E-state index in [1.165, 1.54) is 0 Å². The summed E-state index contributed by atoms with van der Waals surface area (Å²) in [6.07, 6.45) is 3.46. The van der Waals surface area contributed by atoms with E-state index in [-0.39, 0.29) is 54.1 Å². The molecule has 264 valence electrons. The normalized spacial score (nSPS) is 21.6. The zero-order chi connectivity index (χ0) is 34.7. The second-order valence-corrected chi connectivity index (χ2v) is 15.3. The number of carbonyl (C=O) groups is 4. The van der Waals surface area contributed by atoms with Crippen LogP contribution >= 0.6 is 22.6 Å². The Morgan fingerprint density at radius 1 is 0.979 bits per heavy atom. The summed E-state index contributed by atoms with van der Waals surface area (Å²) in [7, 11) is 0. The third kappa shape index (κ3) is 12.0. The highest BCUT2D eigenvalue weighted by atomic mass is 127. The zero-order valence-electron chi connectivity index (χ0n) is 29.0. The van der Waals surface area contributed by atoms with Crippen molar-refractivity contribution in [2.45, 2.75) is 123 Å². The number of carbonyl (C=O) groups excluding carboxylic acids is 4. The monoisotopic (exact) mass is 768 g/mol. The number of amides is 4. The van der Waals surface area contributed by atoms with Crippen molar-refractivity contribution in [1.82, 2.24) is 31.5 Å². The van der Waals surface area contributed by atoms with Crippen LogP contribution in [0.3, 0.4) is 0 Å². The fraction of sp³-hybridized carbons (Fsp3) is 0.714. The van der Waals surface area contributed by atoms with E-state index in [1.54, 1.807) is 0 Å². The number of rotatable bonds is 17. The fourth-order valence-corrected chi connectivity index (χ4v) is 7.01. The summed E-state index contributed by atoms with van der Waals surface area (Å²) in [5, 5.41) is 26.6. The summed E-state index contributed by atoms with van der Waals surface area (Å²) in [6.45, 7) is 13.8. The number of likely N-dealkylation sites (tertiary alicyclic amines) is 1. The first-order valence-corrected chi connectivity index (χ1v) is 18.5. The van der Waals surface area contributed by atoms with Gasteiger partial charge in [0.15, 0.2) is 0 Å². The molecule has 2 aliphatic heterocycles. The van der Waals surface area contributed by atoms with Crippen molar-refractivity contribution in [2.24, 2.45) is 17.8 Å². The molecule has 47 heavy (non-hydrogen) atoms. The van der Waals surface area contributed by atoms with E-state index in [0.29, 0.717) is 32.4 Å². The predicted molar refractivity (Wildman–Crippen MR) is 192 cm³/mol. The Morgan fingerprint density at radius 2 is 1.70 bits per heavy atom. The first kappa shape index (κ1) is 39.2. The Bertz CT molecular complexity index is 1190. The molecule has 2 heterocycles. The lowest BCUT2D eigenvalue weighted by atomic mass is 9.94. The first-order valence-electron chi connectivity index (χ1n) is 17.4. The van der Waals surface area contributed by atoms with Gasteiger partial charge in [-0.1, -0.05) is 60.1 Å². The molecule has 0 aliphatic carbocycles. The second kappa shape index (κ2) is 19.0. The average Bonchev–Trinajstić information content (AvgIpc) is 3.73. The fourth-order valence-electron chi connectivity index (χ4n) is 6.40. The molecule has 3 rings (SSSR count). The van der Waals surface area contributed by atoms with Gasteiger partial charge in [0.25, 0.3) is 0 Å². The van der Waals surface area contributed by atoms with Gasteiger partial charge in [-0.25, -0.2) is 0 Å². The smallest absolute Gasteiger partial charge is 0.243 e. The van der Waals surface area contributed by atoms with Crippen molar-refractivity contribution in [2.75, 3.05) is 19.6 Å². The van der Waals surface area contributed by atoms with Crippen LogP contribution in [-0.4, -0.2) is 89.6 Å². The van der Waals surface area contributed by atoms with Crippen LogP contribution in [0.5, 0.6) is 0 Å². The topological polar surface area (TPSA) is 152 Å². The third-order valence-corrected chi connectivity index (χ3v) is 10.0. The maximum atomic E-state index is 13.8. The van der Waals surface area contributed by atoms with Crippen molar-refractivity contribution >= 4 is 46.2 Å². The Hall–Kier alpha value is -2.29. The molecule has 0 saturated carbocycles. The summed E-state index contributed by atoms with van der Waals surface area (Å²) in [5.41, 5.74) is 1.03. The highest BCUT2D eigenvalue weighted by Gasteiger charge is 2.37. The number of hydrogen-bond donors (Lipinski definition) is 6. The quantitative estimate of drug-likeness (QED) is 0.134. The molecule has 2 saturated heterocycles. The molecule has 2 fully saturated rings. The summed E-state index contributed by atoms with van der Waals surface area (Å²) < 4.78 is 1.11. The maximum Gasteiger partial charge on any atom is 0.243 e. The largest absolute Gasteiger partial charge is 0.390 e. The lowest BCUT2D eigenvalue weighted by Crippen LogP contribution is -2.60. The molecule has 6 N–H and O–H groups in total. The van der Waals surface area contributed by atoms with Crippen molar-refractivity contribution < 1.29 is 24.3 Å². The van der Waals surface area contributed by atoms with Crippen LogP contribution in [0.25, 0.3) is 0 Å². The van der Waals surface area contributed by atoms with Crippen LogP contribution in [0.1, 0.15) is 85.6 Å². The molecule has 2 aliphatic rings. The zero-order valence-corrected chi connectivity index (χ0v) is 31.1. The van der Waals surface area contributed by atoms with Crippen molar-refractivity contribution in [3.8, 4) is 0 Å². The number of hydrogen-bond acceptors (Lipinski definition) is 7. The van der Waals surface area contributed by atoms with Gasteiger partial charge in [-0.2, -0.15) is 0 Å². The van der Waals surface area contributed by atoms with Gasteiger partial charge >= 0.3 is 0 Å². The molecule has 1 unspecified atom stereocenters. The Balaban J connectivity index is 1.66. The first-order chi connectivity index (χ1) is 22.3. The lowest BCUT2D eigenvalue weighted by molar-refractivity contribution is -0.134. The van der Waals surface area contributed by atoms with Crippen LogP contribution in [0.15, 0.2) is 24.3 Å². The van der Waals surface area contributed by atoms with Gasteiger partial charge in [0.1, 0.15) is 12.1 Å². The number of benzene rings is 1. The van der Waals surface area contributed by atoms with Gasteiger partial charge in [-0.05, 0) is 103 Å². The summed E-state index contributed by atoms with van der Waals surface area (Å²) in [6, 6.07) is 5.14. The minimum Gasteiger partial charge on any atom is -0.390 e. The van der Waals surface area contributed by atoms with Crippen LogP contribution in [0, 0.1) is 21.3 Å². The second-order valence-electron chi connectivity index (χ2n) is 14.1. The van der Waals surface area contributed by atoms with Crippen molar-refractivity contribution in [1.29, 1.82) is 0 Å². The highest BCUT2D eigenvalue weighted by molar-refractivity contribution is 14.1. The summed E-state index contributed by atoms with van der Waals surface area (Å²) in [4.78, 5) is 55.4. The van der Waals surface area contributed by atoms with Gasteiger partial charge in [0.2, 0.25) is 23.6 Å². The molecule has 7 atom stereocenters. The number of β-amino-alcohol motifs (C(OH)–C–C–N with tert-alkyl or cyclic N) is 1. The van der Waals surface area contributed by atoms with Crippen molar-refractivity contribution in [3.63, 3.8) is 0 Å². The summed E-state index contributed by atoms with van der Waals surface area (Å²) in [5.74, 6) is -1.21. The molecule has 0 aromatic heterocycles. The molecule has 11 nitrogen and oxygen atoms in total. The standard InChI is InChI=1S/C35H57IN6O5/c1-7-23(6)31(41-34(46)30(22(4)5)40-32(44)26-13-9-15-37-26)35(47)39-27(17-21(2)3)29(43)20-42-16-10-14-28(42)33(45)38-19-24-11-8-12-25(36)18-24/h8,11-12,18,21-23,26-31,37,43H,7,9-10,13-17,19-20H2,1-6H3,(H,38,45)(H,39,47)(H,40,44)(H,41,46)/t23-,26?,27-,28-,29+,30-,31-/m0/s1. The van der Waals surface area contributed by atoms with E-state index < -0.39 is 30.1 Å². The number of aliphatic hydroxyl groups excluding tert-OH is 1. The number of nitrogens with zero attached hydrogens (tertiary/aromatic N) is 1. The molecule has 0 bridgehead atoms. The molecule has 4 amide bonds. The molecular formula is C35H57IN6O5. The van der Waals surface area contributed by atoms with Gasteiger partial charge in [0, 0.05) is 16.7 Å². The van der Waals surface area contributed by atoms with Crippen LogP contribution in [0.2, 0.25) is 0 Å². The van der Waals surface area contributed by atoms with E-state index >= 15 is 0 Å². The summed E-state index contributed by atoms with van der Waals surface area (Å²) >= 11 is 2.25. The molecule has 12 heteroatoms. The number of nitrogens with one attached hydrogen (secondary N) is 5. The highest BCUT2D eigenvalue weighted by Crippen LogP contribution is 2.21. The lowest BCUT2D eigenvalue weighted by Gasteiger charge is -2.33. The van der Waals surface area contributed by atoms with Crippen LogP contribution in [-0.2, 0) is 25.7 Å². The minimum absolute atomic E-state index is 0.0620. The van der Waals surface area contributed by atoms with Gasteiger partial charge in [-0.15, -0.1) is 0 Å². The molecular weight excluding hydrogens is 711 g/mol. The molecule has 1 aromatic rings. The van der Waals surface area contributed by atoms with Gasteiger partial charge in [-0.3, -0.25) is 24.1 Å². The van der Waals surface area contributed by atoms with E-state index in [9.17, 15) is 24.3 Å².